The third-order valence-electron chi connectivity index (χ3n) is 8.08. The molecule has 6 unspecified atom stereocenters. The summed E-state index contributed by atoms with van der Waals surface area (Å²) in [5.41, 5.74) is 7.07. The van der Waals surface area contributed by atoms with Crippen LogP contribution < -0.4 is 5.73 Å². The minimum absolute atomic E-state index is 0.238. The molecule has 2 nitrogen and oxygen atoms in total. The lowest BCUT2D eigenvalue weighted by atomic mass is 9.73. The van der Waals surface area contributed by atoms with E-state index >= 15 is 0 Å². The predicted octanol–water partition coefficient (Wildman–Crippen LogP) is 3.74. The van der Waals surface area contributed by atoms with E-state index in [2.05, 4.69) is 0 Å². The maximum Gasteiger partial charge on any atom is 0.0685 e. The monoisotopic (exact) mass is 289 g/mol. The molecule has 0 aromatic rings. The Morgan fingerprint density at radius 1 is 0.952 bits per heavy atom. The van der Waals surface area contributed by atoms with Crippen LogP contribution in [0.25, 0.3) is 0 Å². The molecule has 5 rings (SSSR count). The number of hydrogen-bond donors (Lipinski definition) is 1. The lowest BCUT2D eigenvalue weighted by molar-refractivity contribution is -0.121. The fourth-order valence-corrected chi connectivity index (χ4v) is 7.16. The highest BCUT2D eigenvalue weighted by molar-refractivity contribution is 5.16. The van der Waals surface area contributed by atoms with Crippen LogP contribution in [0.4, 0.5) is 0 Å². The largest absolute Gasteiger partial charge is 0.375 e. The number of fused-ring (bicyclic) bond motifs is 5. The Hall–Kier alpha value is -0.0800. The maximum atomic E-state index is 6.83. The summed E-state index contributed by atoms with van der Waals surface area (Å²) in [5, 5.41) is 0. The highest BCUT2D eigenvalue weighted by Gasteiger charge is 2.67. The normalized spacial score (nSPS) is 51.9. The number of ether oxygens (including phenoxy) is 1. The second-order valence-corrected chi connectivity index (χ2v) is 8.99. The molecule has 5 fully saturated rings. The molecule has 6 atom stereocenters. The average molecular weight is 289 g/mol. The molecule has 1 spiro atoms. The summed E-state index contributed by atoms with van der Waals surface area (Å²) in [4.78, 5) is 0. The van der Waals surface area contributed by atoms with Gasteiger partial charge in [0.25, 0.3) is 0 Å². The molecule has 2 bridgehead atoms. The second-order valence-electron chi connectivity index (χ2n) is 8.99. The number of nitrogens with two attached hydrogens (primary N) is 1. The first-order chi connectivity index (χ1) is 10.3. The zero-order chi connectivity index (χ0) is 14.0. The van der Waals surface area contributed by atoms with Gasteiger partial charge in [0, 0.05) is 12.6 Å². The van der Waals surface area contributed by atoms with Gasteiger partial charge in [0.1, 0.15) is 0 Å². The van der Waals surface area contributed by atoms with E-state index < -0.39 is 0 Å². The molecule has 2 N–H and O–H groups in total. The Bertz CT molecular complexity index is 394. The van der Waals surface area contributed by atoms with Crippen molar-refractivity contribution in [1.82, 2.24) is 0 Å². The first-order valence-corrected chi connectivity index (χ1v) is 9.67. The van der Waals surface area contributed by atoms with Gasteiger partial charge in [-0.25, -0.2) is 0 Å². The van der Waals surface area contributed by atoms with Gasteiger partial charge in [-0.3, -0.25) is 0 Å². The van der Waals surface area contributed by atoms with Crippen molar-refractivity contribution >= 4 is 0 Å². The Morgan fingerprint density at radius 2 is 1.67 bits per heavy atom. The van der Waals surface area contributed by atoms with Crippen LogP contribution >= 0.6 is 0 Å². The molecular formula is C19H31NO. The van der Waals surface area contributed by atoms with Gasteiger partial charge in [-0.1, -0.05) is 19.3 Å². The molecule has 1 heterocycles. The molecule has 0 aromatic heterocycles. The van der Waals surface area contributed by atoms with Gasteiger partial charge in [-0.15, -0.1) is 0 Å². The van der Waals surface area contributed by atoms with Crippen molar-refractivity contribution in [2.24, 2.45) is 41.2 Å². The summed E-state index contributed by atoms with van der Waals surface area (Å²) >= 11 is 0. The Labute approximate surface area is 129 Å². The van der Waals surface area contributed by atoms with Crippen molar-refractivity contribution < 1.29 is 4.74 Å². The minimum atomic E-state index is 0.238. The summed E-state index contributed by atoms with van der Waals surface area (Å²) in [6.07, 6.45) is 13.9. The molecule has 2 heteroatoms. The Kier molecular flexibility index (Phi) is 3.00. The summed E-state index contributed by atoms with van der Waals surface area (Å²) in [5.74, 6) is 5.89. The Balaban J connectivity index is 1.28. The number of hydrogen-bond acceptors (Lipinski definition) is 2. The molecule has 0 radical (unpaired) electrons. The van der Waals surface area contributed by atoms with Crippen molar-refractivity contribution in [2.45, 2.75) is 75.9 Å². The zero-order valence-corrected chi connectivity index (χ0v) is 13.3. The van der Waals surface area contributed by atoms with Crippen molar-refractivity contribution in [2.75, 3.05) is 6.61 Å². The van der Waals surface area contributed by atoms with Gasteiger partial charge in [-0.05, 0) is 80.5 Å². The molecule has 1 aliphatic heterocycles. The van der Waals surface area contributed by atoms with E-state index in [1.54, 1.807) is 6.42 Å². The fourth-order valence-electron chi connectivity index (χ4n) is 7.16. The molecule has 5 aliphatic rings. The lowest BCUT2D eigenvalue weighted by Crippen LogP contribution is -2.47. The van der Waals surface area contributed by atoms with Crippen LogP contribution in [0.1, 0.15) is 64.2 Å². The van der Waals surface area contributed by atoms with Crippen molar-refractivity contribution in [3.63, 3.8) is 0 Å². The van der Waals surface area contributed by atoms with Crippen LogP contribution in [0.2, 0.25) is 0 Å². The van der Waals surface area contributed by atoms with E-state index in [0.29, 0.717) is 6.04 Å². The van der Waals surface area contributed by atoms with E-state index in [4.69, 9.17) is 10.5 Å². The quantitative estimate of drug-likeness (QED) is 0.840. The summed E-state index contributed by atoms with van der Waals surface area (Å²) in [6, 6.07) is 0.492. The predicted molar refractivity (Wildman–Crippen MR) is 83.8 cm³/mol. The summed E-state index contributed by atoms with van der Waals surface area (Å²) < 4.78 is 6.28. The third-order valence-corrected chi connectivity index (χ3v) is 8.08. The van der Waals surface area contributed by atoms with E-state index in [-0.39, 0.29) is 5.60 Å². The average Bonchev–Trinajstić information content (AvgIpc) is 2.94. The van der Waals surface area contributed by atoms with Crippen LogP contribution in [0.5, 0.6) is 0 Å². The van der Waals surface area contributed by atoms with Crippen LogP contribution in [0.15, 0.2) is 0 Å². The molecule has 0 amide bonds. The highest BCUT2D eigenvalue weighted by atomic mass is 16.5. The fraction of sp³-hybridized carbons (Fsp3) is 1.00. The van der Waals surface area contributed by atoms with Gasteiger partial charge < -0.3 is 10.5 Å². The highest BCUT2D eigenvalue weighted by Crippen LogP contribution is 2.70. The molecule has 118 valence electrons. The van der Waals surface area contributed by atoms with Crippen molar-refractivity contribution in [1.29, 1.82) is 0 Å². The molecule has 1 saturated heterocycles. The number of rotatable bonds is 2. The Morgan fingerprint density at radius 3 is 2.38 bits per heavy atom. The SMILES string of the molecule is NC(C1CCOC2(CCCCC2)C1)C1C2C3CCC(C3)C21. The lowest BCUT2D eigenvalue weighted by Gasteiger charge is -2.45. The third kappa shape index (κ3) is 1.97. The maximum absolute atomic E-state index is 6.83. The van der Waals surface area contributed by atoms with E-state index in [1.165, 1.54) is 57.8 Å². The van der Waals surface area contributed by atoms with Crippen LogP contribution in [-0.2, 0) is 4.74 Å². The van der Waals surface area contributed by atoms with E-state index in [0.717, 1.165) is 42.1 Å². The summed E-state index contributed by atoms with van der Waals surface area (Å²) in [7, 11) is 0. The second kappa shape index (κ2) is 4.71. The van der Waals surface area contributed by atoms with Crippen LogP contribution in [-0.4, -0.2) is 18.2 Å². The smallest absolute Gasteiger partial charge is 0.0685 e. The summed E-state index contributed by atoms with van der Waals surface area (Å²) in [6.45, 7) is 0.979. The van der Waals surface area contributed by atoms with Crippen molar-refractivity contribution in [3.05, 3.63) is 0 Å². The van der Waals surface area contributed by atoms with Crippen LogP contribution in [0.3, 0.4) is 0 Å². The molecule has 21 heavy (non-hydrogen) atoms. The molecule has 0 aromatic carbocycles. The zero-order valence-electron chi connectivity index (χ0n) is 13.3. The van der Waals surface area contributed by atoms with Gasteiger partial charge in [-0.2, -0.15) is 0 Å². The van der Waals surface area contributed by atoms with Gasteiger partial charge in [0.05, 0.1) is 5.60 Å². The molecular weight excluding hydrogens is 258 g/mol. The minimum Gasteiger partial charge on any atom is -0.375 e. The standard InChI is InChI=1S/C19H31NO/c20-18(17-15-12-4-5-13(10-12)16(15)17)14-6-9-21-19(11-14)7-2-1-3-8-19/h12-18H,1-11,20H2. The van der Waals surface area contributed by atoms with Gasteiger partial charge >= 0.3 is 0 Å². The first-order valence-electron chi connectivity index (χ1n) is 9.67. The van der Waals surface area contributed by atoms with Crippen LogP contribution in [0, 0.1) is 35.5 Å². The van der Waals surface area contributed by atoms with E-state index in [1.807, 2.05) is 0 Å². The molecule has 4 aliphatic carbocycles. The first kappa shape index (κ1) is 13.4. The van der Waals surface area contributed by atoms with Gasteiger partial charge in [0.15, 0.2) is 0 Å². The van der Waals surface area contributed by atoms with Crippen molar-refractivity contribution in [3.8, 4) is 0 Å². The molecule has 4 saturated carbocycles. The van der Waals surface area contributed by atoms with E-state index in [9.17, 15) is 0 Å². The topological polar surface area (TPSA) is 35.2 Å². The van der Waals surface area contributed by atoms with Gasteiger partial charge in [0.2, 0.25) is 0 Å².